The summed E-state index contributed by atoms with van der Waals surface area (Å²) < 4.78 is 10.8. The minimum absolute atomic E-state index is 0.528. The lowest BCUT2D eigenvalue weighted by atomic mass is 10.2. The van der Waals surface area contributed by atoms with Crippen molar-refractivity contribution in [3.63, 3.8) is 0 Å². The molecule has 1 N–H and O–H groups in total. The Kier molecular flexibility index (Phi) is 5.92. The van der Waals surface area contributed by atoms with Crippen molar-refractivity contribution in [1.29, 1.82) is 0 Å². The van der Waals surface area contributed by atoms with Crippen LogP contribution in [0.1, 0.15) is 12.2 Å². The molecular formula is C15H17Cl2NO2. The predicted octanol–water partition coefficient (Wildman–Crippen LogP) is 4.38. The van der Waals surface area contributed by atoms with Crippen LogP contribution in [0.25, 0.3) is 11.3 Å². The van der Waals surface area contributed by atoms with Crippen LogP contribution in [0.3, 0.4) is 0 Å². The number of rotatable bonds is 7. The lowest BCUT2D eigenvalue weighted by Gasteiger charge is -2.02. The third kappa shape index (κ3) is 4.25. The molecule has 1 aromatic carbocycles. The first-order valence-corrected chi connectivity index (χ1v) is 7.20. The first kappa shape index (κ1) is 15.4. The van der Waals surface area contributed by atoms with Crippen molar-refractivity contribution in [2.45, 2.75) is 13.0 Å². The summed E-state index contributed by atoms with van der Waals surface area (Å²) in [5.41, 5.74) is 0.921. The van der Waals surface area contributed by atoms with Crippen LogP contribution in [0.2, 0.25) is 10.0 Å². The zero-order valence-electron chi connectivity index (χ0n) is 11.3. The SMILES string of the molecule is COCCCNCc1ccc(-c2ccc(Cl)c(Cl)c2)o1. The highest BCUT2D eigenvalue weighted by Gasteiger charge is 2.06. The smallest absolute Gasteiger partial charge is 0.134 e. The molecule has 0 saturated heterocycles. The first-order chi connectivity index (χ1) is 9.70. The maximum atomic E-state index is 6.00. The van der Waals surface area contributed by atoms with Crippen LogP contribution < -0.4 is 5.32 Å². The Bertz CT molecular complexity index is 555. The first-order valence-electron chi connectivity index (χ1n) is 6.44. The van der Waals surface area contributed by atoms with Gasteiger partial charge in [0, 0.05) is 19.3 Å². The average molecular weight is 314 g/mol. The normalized spacial score (nSPS) is 10.9. The molecule has 1 heterocycles. The highest BCUT2D eigenvalue weighted by molar-refractivity contribution is 6.42. The summed E-state index contributed by atoms with van der Waals surface area (Å²) in [5.74, 6) is 1.68. The van der Waals surface area contributed by atoms with E-state index < -0.39 is 0 Å². The van der Waals surface area contributed by atoms with Crippen LogP contribution in [0.5, 0.6) is 0 Å². The third-order valence-corrected chi connectivity index (χ3v) is 3.61. The van der Waals surface area contributed by atoms with Crippen molar-refractivity contribution < 1.29 is 9.15 Å². The maximum absolute atomic E-state index is 6.00. The second-order valence-electron chi connectivity index (χ2n) is 4.42. The Morgan fingerprint density at radius 3 is 2.75 bits per heavy atom. The Labute approximate surface area is 128 Å². The highest BCUT2D eigenvalue weighted by atomic mass is 35.5. The van der Waals surface area contributed by atoms with E-state index in [0.717, 1.165) is 36.7 Å². The van der Waals surface area contributed by atoms with Gasteiger partial charge in [0.2, 0.25) is 0 Å². The van der Waals surface area contributed by atoms with Gasteiger partial charge in [-0.3, -0.25) is 0 Å². The van der Waals surface area contributed by atoms with E-state index in [0.29, 0.717) is 16.6 Å². The fourth-order valence-corrected chi connectivity index (χ4v) is 2.13. The molecule has 0 unspecified atom stereocenters. The predicted molar refractivity (Wildman–Crippen MR) is 82.4 cm³/mol. The van der Waals surface area contributed by atoms with E-state index in [1.807, 2.05) is 18.2 Å². The van der Waals surface area contributed by atoms with E-state index in [-0.39, 0.29) is 0 Å². The van der Waals surface area contributed by atoms with Crippen LogP contribution >= 0.6 is 23.2 Å². The number of hydrogen-bond acceptors (Lipinski definition) is 3. The molecule has 0 radical (unpaired) electrons. The summed E-state index contributed by atoms with van der Waals surface area (Å²) >= 11 is 11.9. The van der Waals surface area contributed by atoms with Gasteiger partial charge >= 0.3 is 0 Å². The molecule has 0 amide bonds. The van der Waals surface area contributed by atoms with Crippen LogP contribution in [0, 0.1) is 0 Å². The van der Waals surface area contributed by atoms with Crippen molar-refractivity contribution in [3.8, 4) is 11.3 Å². The molecular weight excluding hydrogens is 297 g/mol. The van der Waals surface area contributed by atoms with E-state index in [1.54, 1.807) is 19.2 Å². The molecule has 20 heavy (non-hydrogen) atoms. The molecule has 0 aliphatic rings. The van der Waals surface area contributed by atoms with Crippen LogP contribution in [0.4, 0.5) is 0 Å². The van der Waals surface area contributed by atoms with Gasteiger partial charge in [0.1, 0.15) is 11.5 Å². The number of furan rings is 1. The molecule has 1 aromatic heterocycles. The number of benzene rings is 1. The number of ether oxygens (including phenoxy) is 1. The van der Waals surface area contributed by atoms with Gasteiger partial charge in [-0.2, -0.15) is 0 Å². The zero-order chi connectivity index (χ0) is 14.4. The molecule has 0 aliphatic carbocycles. The monoisotopic (exact) mass is 313 g/mol. The van der Waals surface area contributed by atoms with Gasteiger partial charge in [-0.05, 0) is 43.3 Å². The average Bonchev–Trinajstić information content (AvgIpc) is 2.90. The van der Waals surface area contributed by atoms with E-state index in [4.69, 9.17) is 32.4 Å². The van der Waals surface area contributed by atoms with Crippen molar-refractivity contribution in [1.82, 2.24) is 5.32 Å². The minimum Gasteiger partial charge on any atom is -0.460 e. The van der Waals surface area contributed by atoms with E-state index in [2.05, 4.69) is 5.32 Å². The fourth-order valence-electron chi connectivity index (χ4n) is 1.83. The van der Waals surface area contributed by atoms with Crippen molar-refractivity contribution in [3.05, 3.63) is 46.1 Å². The summed E-state index contributed by atoms with van der Waals surface area (Å²) in [6.45, 7) is 2.36. The van der Waals surface area contributed by atoms with Crippen LogP contribution in [0.15, 0.2) is 34.7 Å². The Balaban J connectivity index is 1.93. The second kappa shape index (κ2) is 7.70. The van der Waals surface area contributed by atoms with Gasteiger partial charge in [-0.1, -0.05) is 23.2 Å². The number of methoxy groups -OCH3 is 1. The van der Waals surface area contributed by atoms with Crippen LogP contribution in [-0.2, 0) is 11.3 Å². The van der Waals surface area contributed by atoms with E-state index >= 15 is 0 Å². The molecule has 2 aromatic rings. The topological polar surface area (TPSA) is 34.4 Å². The van der Waals surface area contributed by atoms with Gasteiger partial charge in [0.25, 0.3) is 0 Å². The van der Waals surface area contributed by atoms with Crippen molar-refractivity contribution >= 4 is 23.2 Å². The summed E-state index contributed by atoms with van der Waals surface area (Å²) in [4.78, 5) is 0. The highest BCUT2D eigenvalue weighted by Crippen LogP contribution is 2.29. The number of hydrogen-bond donors (Lipinski definition) is 1. The molecule has 3 nitrogen and oxygen atoms in total. The summed E-state index contributed by atoms with van der Waals surface area (Å²) in [5, 5.41) is 4.37. The Hall–Kier alpha value is -1.00. The van der Waals surface area contributed by atoms with Gasteiger partial charge in [-0.25, -0.2) is 0 Å². The molecule has 0 bridgehead atoms. The summed E-state index contributed by atoms with van der Waals surface area (Å²) in [7, 11) is 1.70. The number of nitrogens with one attached hydrogen (secondary N) is 1. The quantitative estimate of drug-likeness (QED) is 0.770. The van der Waals surface area contributed by atoms with Gasteiger partial charge < -0.3 is 14.5 Å². The molecule has 5 heteroatoms. The van der Waals surface area contributed by atoms with E-state index in [9.17, 15) is 0 Å². The molecule has 0 saturated carbocycles. The van der Waals surface area contributed by atoms with Crippen molar-refractivity contribution in [2.75, 3.05) is 20.3 Å². The van der Waals surface area contributed by atoms with E-state index in [1.165, 1.54) is 0 Å². The minimum atomic E-state index is 0.528. The molecule has 0 fully saturated rings. The summed E-state index contributed by atoms with van der Waals surface area (Å²) in [6, 6.07) is 9.36. The molecule has 0 atom stereocenters. The van der Waals surface area contributed by atoms with Crippen LogP contribution in [-0.4, -0.2) is 20.3 Å². The van der Waals surface area contributed by atoms with Gasteiger partial charge in [0.15, 0.2) is 0 Å². The second-order valence-corrected chi connectivity index (χ2v) is 5.23. The van der Waals surface area contributed by atoms with Gasteiger partial charge in [0.05, 0.1) is 16.6 Å². The molecule has 0 spiro atoms. The lowest BCUT2D eigenvalue weighted by Crippen LogP contribution is -2.15. The third-order valence-electron chi connectivity index (χ3n) is 2.87. The Morgan fingerprint density at radius 1 is 1.15 bits per heavy atom. The molecule has 0 aliphatic heterocycles. The lowest BCUT2D eigenvalue weighted by molar-refractivity contribution is 0.194. The molecule has 2 rings (SSSR count). The summed E-state index contributed by atoms with van der Waals surface area (Å²) in [6.07, 6.45) is 0.983. The maximum Gasteiger partial charge on any atom is 0.134 e. The molecule has 108 valence electrons. The Morgan fingerprint density at radius 2 is 2.00 bits per heavy atom. The standard InChI is InChI=1S/C15H17Cl2NO2/c1-19-8-2-7-18-10-12-4-6-15(20-12)11-3-5-13(16)14(17)9-11/h3-6,9,18H,2,7-8,10H2,1H3. The van der Waals surface area contributed by atoms with Gasteiger partial charge in [-0.15, -0.1) is 0 Å². The largest absolute Gasteiger partial charge is 0.460 e. The zero-order valence-corrected chi connectivity index (χ0v) is 12.8. The van der Waals surface area contributed by atoms with Crippen molar-refractivity contribution in [2.24, 2.45) is 0 Å². The number of halogens is 2. The fraction of sp³-hybridized carbons (Fsp3) is 0.333.